The lowest BCUT2D eigenvalue weighted by atomic mass is 10.1. The minimum atomic E-state index is -1.94. The molecule has 0 aliphatic carbocycles. The summed E-state index contributed by atoms with van der Waals surface area (Å²) >= 11 is 0. The van der Waals surface area contributed by atoms with Crippen LogP contribution in [0.4, 0.5) is 0 Å². The Labute approximate surface area is 130 Å². The van der Waals surface area contributed by atoms with Crippen LogP contribution in [0.5, 0.6) is 0 Å². The molecule has 1 aliphatic rings. The van der Waals surface area contributed by atoms with E-state index in [1.807, 2.05) is 0 Å². The smallest absolute Gasteiger partial charge is 0.350 e. The Morgan fingerprint density at radius 1 is 1.30 bits per heavy atom. The molecule has 23 heavy (non-hydrogen) atoms. The van der Waals surface area contributed by atoms with Gasteiger partial charge in [-0.05, 0) is 5.56 Å². The van der Waals surface area contributed by atoms with Crippen molar-refractivity contribution in [2.75, 3.05) is 7.11 Å². The number of hydrogen-bond acceptors (Lipinski definition) is 8. The molecule has 1 heterocycles. The van der Waals surface area contributed by atoms with E-state index >= 15 is 0 Å². The number of rotatable bonds is 5. The molecule has 8 heteroatoms. The SMILES string of the molecule is COC(=O)[C@H](O)[C@H]1OC(=O)C(C(=O)OCc2ccccc2)=C1O. The Bertz CT molecular complexity index is 649. The van der Waals surface area contributed by atoms with Gasteiger partial charge in [-0.3, -0.25) is 0 Å². The maximum atomic E-state index is 11.9. The van der Waals surface area contributed by atoms with Crippen LogP contribution in [0.1, 0.15) is 5.56 Å². The van der Waals surface area contributed by atoms with Crippen molar-refractivity contribution in [3.8, 4) is 0 Å². The van der Waals surface area contributed by atoms with Gasteiger partial charge in [0, 0.05) is 0 Å². The number of aliphatic hydroxyl groups excluding tert-OH is 2. The molecular formula is C15H14O8. The number of hydrogen-bond donors (Lipinski definition) is 2. The standard InChI is InChI=1S/C15H14O8/c1-21-15(20)11(17)12-10(16)9(14(19)23-12)13(18)22-7-8-5-3-2-4-6-8/h2-6,11-12,16-17H,7H2,1H3/t11-,12+/m1/s1. The Kier molecular flexibility index (Phi) is 4.97. The van der Waals surface area contributed by atoms with Crippen molar-refractivity contribution in [3.63, 3.8) is 0 Å². The fourth-order valence-corrected chi connectivity index (χ4v) is 1.92. The van der Waals surface area contributed by atoms with Crippen LogP contribution in [0.2, 0.25) is 0 Å². The van der Waals surface area contributed by atoms with Gasteiger partial charge in [0.2, 0.25) is 0 Å². The van der Waals surface area contributed by atoms with E-state index in [0.717, 1.165) is 7.11 Å². The summed E-state index contributed by atoms with van der Waals surface area (Å²) in [6.45, 7) is -0.117. The highest BCUT2D eigenvalue weighted by atomic mass is 16.6. The number of esters is 3. The Balaban J connectivity index is 2.10. The molecule has 0 unspecified atom stereocenters. The van der Waals surface area contributed by atoms with E-state index in [1.54, 1.807) is 30.3 Å². The molecule has 8 nitrogen and oxygen atoms in total. The highest BCUT2D eigenvalue weighted by molar-refractivity contribution is 6.16. The van der Waals surface area contributed by atoms with Crippen molar-refractivity contribution >= 4 is 17.9 Å². The monoisotopic (exact) mass is 322 g/mol. The van der Waals surface area contributed by atoms with Crippen molar-refractivity contribution in [2.24, 2.45) is 0 Å². The number of ether oxygens (including phenoxy) is 3. The molecule has 0 amide bonds. The zero-order valence-electron chi connectivity index (χ0n) is 12.1. The van der Waals surface area contributed by atoms with Crippen LogP contribution in [-0.4, -0.2) is 47.4 Å². The van der Waals surface area contributed by atoms with Gasteiger partial charge in [-0.25, -0.2) is 14.4 Å². The molecule has 1 aromatic rings. The molecule has 1 aliphatic heterocycles. The lowest BCUT2D eigenvalue weighted by Gasteiger charge is -2.14. The fourth-order valence-electron chi connectivity index (χ4n) is 1.92. The molecule has 2 atom stereocenters. The molecule has 0 saturated heterocycles. The highest BCUT2D eigenvalue weighted by Gasteiger charge is 2.45. The fraction of sp³-hybridized carbons (Fsp3) is 0.267. The Hall–Kier alpha value is -2.87. The minimum Gasteiger partial charge on any atom is -0.507 e. The number of carbonyl (C=O) groups excluding carboxylic acids is 3. The molecule has 0 bridgehead atoms. The summed E-state index contributed by atoms with van der Waals surface area (Å²) in [4.78, 5) is 34.8. The summed E-state index contributed by atoms with van der Waals surface area (Å²) in [5, 5.41) is 19.5. The van der Waals surface area contributed by atoms with Crippen LogP contribution in [0.15, 0.2) is 41.7 Å². The van der Waals surface area contributed by atoms with Crippen LogP contribution in [0.25, 0.3) is 0 Å². The van der Waals surface area contributed by atoms with Crippen LogP contribution in [0.3, 0.4) is 0 Å². The van der Waals surface area contributed by atoms with Gasteiger partial charge in [-0.15, -0.1) is 0 Å². The lowest BCUT2D eigenvalue weighted by Crippen LogP contribution is -2.36. The Morgan fingerprint density at radius 2 is 1.96 bits per heavy atom. The lowest BCUT2D eigenvalue weighted by molar-refractivity contribution is -0.161. The molecule has 0 aromatic heterocycles. The van der Waals surface area contributed by atoms with E-state index in [0.29, 0.717) is 5.56 Å². The van der Waals surface area contributed by atoms with Crippen molar-refractivity contribution in [2.45, 2.75) is 18.8 Å². The number of carbonyl (C=O) groups is 3. The van der Waals surface area contributed by atoms with E-state index in [9.17, 15) is 24.6 Å². The Morgan fingerprint density at radius 3 is 2.57 bits per heavy atom. The molecule has 0 fully saturated rings. The van der Waals surface area contributed by atoms with Crippen LogP contribution in [0, 0.1) is 0 Å². The van der Waals surface area contributed by atoms with Gasteiger partial charge in [0.25, 0.3) is 0 Å². The topological polar surface area (TPSA) is 119 Å². The van der Waals surface area contributed by atoms with Crippen molar-refractivity contribution in [3.05, 3.63) is 47.2 Å². The summed E-state index contributed by atoms with van der Waals surface area (Å²) in [7, 11) is 1.01. The van der Waals surface area contributed by atoms with Crippen molar-refractivity contribution < 1.29 is 38.8 Å². The zero-order valence-corrected chi connectivity index (χ0v) is 12.1. The first-order valence-corrected chi connectivity index (χ1v) is 6.56. The molecule has 2 N–H and O–H groups in total. The van der Waals surface area contributed by atoms with Crippen molar-refractivity contribution in [1.29, 1.82) is 0 Å². The predicted molar refractivity (Wildman–Crippen MR) is 73.8 cm³/mol. The molecule has 0 spiro atoms. The average molecular weight is 322 g/mol. The summed E-state index contributed by atoms with van der Waals surface area (Å²) < 4.78 is 13.8. The average Bonchev–Trinajstić information content (AvgIpc) is 2.86. The molecular weight excluding hydrogens is 308 g/mol. The van der Waals surface area contributed by atoms with E-state index in [-0.39, 0.29) is 6.61 Å². The zero-order chi connectivity index (χ0) is 17.0. The van der Waals surface area contributed by atoms with Gasteiger partial charge in [0.15, 0.2) is 23.5 Å². The first-order chi connectivity index (χ1) is 11.0. The third-order valence-electron chi connectivity index (χ3n) is 3.11. The summed E-state index contributed by atoms with van der Waals surface area (Å²) in [5.41, 5.74) is -0.0765. The van der Waals surface area contributed by atoms with E-state index in [1.165, 1.54) is 0 Å². The van der Waals surface area contributed by atoms with Crippen LogP contribution < -0.4 is 0 Å². The van der Waals surface area contributed by atoms with E-state index in [2.05, 4.69) is 9.47 Å². The minimum absolute atomic E-state index is 0.117. The number of methoxy groups -OCH3 is 1. The van der Waals surface area contributed by atoms with Crippen molar-refractivity contribution in [1.82, 2.24) is 0 Å². The second kappa shape index (κ2) is 6.93. The summed E-state index contributed by atoms with van der Waals surface area (Å²) in [6.07, 6.45) is -3.64. The first-order valence-electron chi connectivity index (χ1n) is 6.56. The van der Waals surface area contributed by atoms with Gasteiger partial charge >= 0.3 is 17.9 Å². The second-order valence-corrected chi connectivity index (χ2v) is 4.62. The largest absolute Gasteiger partial charge is 0.507 e. The van der Waals surface area contributed by atoms with E-state index < -0.39 is 41.4 Å². The predicted octanol–water partition coefficient (Wildman–Crippen LogP) is 0.00120. The molecule has 0 saturated carbocycles. The van der Waals surface area contributed by atoms with E-state index in [4.69, 9.17) is 4.74 Å². The summed E-state index contributed by atoms with van der Waals surface area (Å²) in [5.74, 6) is -4.29. The second-order valence-electron chi connectivity index (χ2n) is 4.62. The summed E-state index contributed by atoms with van der Waals surface area (Å²) in [6, 6.07) is 8.68. The maximum absolute atomic E-state index is 11.9. The van der Waals surface area contributed by atoms with Gasteiger partial charge in [0.05, 0.1) is 7.11 Å². The quantitative estimate of drug-likeness (QED) is 0.442. The normalized spacial score (nSPS) is 18.3. The number of cyclic esters (lactones) is 1. The molecule has 122 valence electrons. The van der Waals surface area contributed by atoms with Crippen LogP contribution in [-0.2, 0) is 35.2 Å². The third-order valence-corrected chi connectivity index (χ3v) is 3.11. The van der Waals surface area contributed by atoms with Gasteiger partial charge < -0.3 is 24.4 Å². The molecule has 1 aromatic carbocycles. The first kappa shape index (κ1) is 16.5. The molecule has 2 rings (SSSR count). The number of aliphatic hydroxyl groups is 2. The van der Waals surface area contributed by atoms with Gasteiger partial charge in [-0.1, -0.05) is 30.3 Å². The van der Waals surface area contributed by atoms with Crippen LogP contribution >= 0.6 is 0 Å². The highest BCUT2D eigenvalue weighted by Crippen LogP contribution is 2.25. The van der Waals surface area contributed by atoms with Gasteiger partial charge in [-0.2, -0.15) is 0 Å². The number of benzene rings is 1. The molecule has 0 radical (unpaired) electrons. The third kappa shape index (κ3) is 3.49. The maximum Gasteiger partial charge on any atom is 0.350 e. The van der Waals surface area contributed by atoms with Gasteiger partial charge in [0.1, 0.15) is 6.61 Å².